The van der Waals surface area contributed by atoms with Crippen LogP contribution in [-0.4, -0.2) is 41.4 Å². The van der Waals surface area contributed by atoms with Gasteiger partial charge in [0.05, 0.1) is 0 Å². The van der Waals surface area contributed by atoms with E-state index in [1.165, 1.54) is 11.3 Å². The minimum atomic E-state index is -0.605. The lowest BCUT2D eigenvalue weighted by molar-refractivity contribution is -0.132. The zero-order valence-electron chi connectivity index (χ0n) is 15.7. The lowest BCUT2D eigenvalue weighted by atomic mass is 9.86. The van der Waals surface area contributed by atoms with Gasteiger partial charge in [0.1, 0.15) is 12.6 Å². The summed E-state index contributed by atoms with van der Waals surface area (Å²) >= 11 is 0. The number of imide groups is 1. The van der Waals surface area contributed by atoms with Crippen LogP contribution >= 0.6 is 0 Å². The number of nitrogens with one attached hydrogen (secondary N) is 1. The predicted octanol–water partition coefficient (Wildman–Crippen LogP) is 2.85. The van der Waals surface area contributed by atoms with Gasteiger partial charge < -0.3 is 5.32 Å². The second-order valence-electron chi connectivity index (χ2n) is 7.52. The van der Waals surface area contributed by atoms with Crippen molar-refractivity contribution in [2.24, 2.45) is 5.92 Å². The molecular weight excluding hydrogens is 330 g/mol. The van der Waals surface area contributed by atoms with Crippen molar-refractivity contribution in [2.45, 2.75) is 58.5 Å². The smallest absolute Gasteiger partial charge is 0.332 e. The third-order valence-corrected chi connectivity index (χ3v) is 5.52. The van der Waals surface area contributed by atoms with Crippen molar-refractivity contribution in [2.75, 3.05) is 11.4 Å². The van der Waals surface area contributed by atoms with E-state index < -0.39 is 12.1 Å². The summed E-state index contributed by atoms with van der Waals surface area (Å²) in [5.74, 6) is -0.161. The maximum atomic E-state index is 12.8. The highest BCUT2D eigenvalue weighted by Gasteiger charge is 2.44. The van der Waals surface area contributed by atoms with E-state index in [1.807, 2.05) is 31.2 Å². The maximum absolute atomic E-state index is 12.8. The van der Waals surface area contributed by atoms with E-state index >= 15 is 0 Å². The van der Waals surface area contributed by atoms with E-state index in [9.17, 15) is 14.4 Å². The summed E-state index contributed by atoms with van der Waals surface area (Å²) in [5.41, 5.74) is 1.75. The van der Waals surface area contributed by atoms with E-state index in [4.69, 9.17) is 0 Å². The molecular formula is C20H27N3O3. The van der Waals surface area contributed by atoms with E-state index in [0.717, 1.165) is 29.7 Å². The normalized spacial score (nSPS) is 26.3. The van der Waals surface area contributed by atoms with Crippen molar-refractivity contribution in [1.82, 2.24) is 10.2 Å². The predicted molar refractivity (Wildman–Crippen MR) is 99.8 cm³/mol. The summed E-state index contributed by atoms with van der Waals surface area (Å²) in [6.45, 7) is 5.58. The van der Waals surface area contributed by atoms with Crippen LogP contribution in [0.5, 0.6) is 0 Å². The highest BCUT2D eigenvalue weighted by molar-refractivity contribution is 6.15. The van der Waals surface area contributed by atoms with Gasteiger partial charge in [0.2, 0.25) is 5.91 Å². The number of urea groups is 1. The molecule has 0 bridgehead atoms. The third kappa shape index (κ3) is 3.59. The number of aryl methyl sites for hydroxylation is 1. The lowest BCUT2D eigenvalue weighted by Gasteiger charge is -2.30. The fraction of sp³-hybridized carbons (Fsp3) is 0.550. The Kier molecular flexibility index (Phi) is 5.30. The van der Waals surface area contributed by atoms with Gasteiger partial charge in [-0.2, -0.15) is 0 Å². The molecule has 1 aromatic carbocycles. The molecule has 0 aromatic heterocycles. The zero-order valence-corrected chi connectivity index (χ0v) is 15.7. The van der Waals surface area contributed by atoms with E-state index in [-0.39, 0.29) is 24.4 Å². The summed E-state index contributed by atoms with van der Waals surface area (Å²) in [6, 6.07) is 6.55. The van der Waals surface area contributed by atoms with Crippen molar-refractivity contribution in [3.8, 4) is 0 Å². The first-order valence-corrected chi connectivity index (χ1v) is 9.39. The molecule has 1 aliphatic carbocycles. The Morgan fingerprint density at radius 3 is 2.42 bits per heavy atom. The van der Waals surface area contributed by atoms with Crippen LogP contribution in [0.25, 0.3) is 0 Å². The Balaban J connectivity index is 1.68. The van der Waals surface area contributed by atoms with Crippen LogP contribution in [0.2, 0.25) is 0 Å². The van der Waals surface area contributed by atoms with Crippen molar-refractivity contribution in [3.63, 3.8) is 0 Å². The number of hydrogen-bond acceptors (Lipinski definition) is 3. The molecule has 2 fully saturated rings. The summed E-state index contributed by atoms with van der Waals surface area (Å²) in [6.07, 6.45) is 4.36. The van der Waals surface area contributed by atoms with Crippen molar-refractivity contribution < 1.29 is 14.4 Å². The largest absolute Gasteiger partial charge is 0.352 e. The molecule has 0 radical (unpaired) electrons. The van der Waals surface area contributed by atoms with Crippen LogP contribution in [0.15, 0.2) is 24.3 Å². The van der Waals surface area contributed by atoms with Crippen LogP contribution in [0.3, 0.4) is 0 Å². The third-order valence-electron chi connectivity index (χ3n) is 5.52. The standard InChI is InChI=1S/C20H27N3O3/c1-13-8-10-16(11-9-13)23-15(3)19(25)22(20(23)26)12-18(24)21-17-7-5-4-6-14(17)2/h8-11,14-15,17H,4-7,12H2,1-3H3,(H,21,24). The quantitative estimate of drug-likeness (QED) is 0.843. The number of carbonyl (C=O) groups is 3. The second kappa shape index (κ2) is 7.48. The monoisotopic (exact) mass is 357 g/mol. The molecule has 6 heteroatoms. The summed E-state index contributed by atoms with van der Waals surface area (Å²) in [5, 5.41) is 3.01. The molecule has 1 saturated carbocycles. The molecule has 1 saturated heterocycles. The average Bonchev–Trinajstić information content (AvgIpc) is 2.82. The van der Waals surface area contributed by atoms with Gasteiger partial charge in [-0.25, -0.2) is 4.79 Å². The Hall–Kier alpha value is -2.37. The number of anilines is 1. The van der Waals surface area contributed by atoms with Crippen LogP contribution in [-0.2, 0) is 9.59 Å². The summed E-state index contributed by atoms with van der Waals surface area (Å²) in [4.78, 5) is 40.2. The van der Waals surface area contributed by atoms with Gasteiger partial charge in [-0.05, 0) is 44.7 Å². The molecule has 1 heterocycles. The lowest BCUT2D eigenvalue weighted by Crippen LogP contribution is -2.47. The molecule has 26 heavy (non-hydrogen) atoms. The van der Waals surface area contributed by atoms with Gasteiger partial charge in [-0.1, -0.05) is 37.5 Å². The summed E-state index contributed by atoms with van der Waals surface area (Å²) in [7, 11) is 0. The number of rotatable bonds is 4. The van der Waals surface area contributed by atoms with E-state index in [0.29, 0.717) is 11.6 Å². The maximum Gasteiger partial charge on any atom is 0.332 e. The summed E-state index contributed by atoms with van der Waals surface area (Å²) < 4.78 is 0. The first-order chi connectivity index (χ1) is 12.4. The van der Waals surface area contributed by atoms with Crippen molar-refractivity contribution in [3.05, 3.63) is 29.8 Å². The Labute approximate surface area is 154 Å². The van der Waals surface area contributed by atoms with Gasteiger partial charge in [-0.15, -0.1) is 0 Å². The van der Waals surface area contributed by atoms with Crippen LogP contribution in [0.1, 0.15) is 45.1 Å². The highest BCUT2D eigenvalue weighted by Crippen LogP contribution is 2.26. The Bertz CT molecular complexity index is 701. The first-order valence-electron chi connectivity index (χ1n) is 9.39. The van der Waals surface area contributed by atoms with Gasteiger partial charge in [-0.3, -0.25) is 19.4 Å². The molecule has 3 unspecified atom stereocenters. The first kappa shape index (κ1) is 18.4. The van der Waals surface area contributed by atoms with Crippen LogP contribution in [0.4, 0.5) is 10.5 Å². The number of amides is 4. The number of benzene rings is 1. The minimum Gasteiger partial charge on any atom is -0.352 e. The molecule has 1 aliphatic heterocycles. The topological polar surface area (TPSA) is 69.7 Å². The second-order valence-corrected chi connectivity index (χ2v) is 7.52. The molecule has 1 N–H and O–H groups in total. The Morgan fingerprint density at radius 1 is 1.12 bits per heavy atom. The fourth-order valence-electron chi connectivity index (χ4n) is 3.84. The Morgan fingerprint density at radius 2 is 1.77 bits per heavy atom. The van der Waals surface area contributed by atoms with E-state index in [1.54, 1.807) is 6.92 Å². The molecule has 4 amide bonds. The molecule has 3 atom stereocenters. The molecule has 6 nitrogen and oxygen atoms in total. The molecule has 2 aliphatic rings. The van der Waals surface area contributed by atoms with Gasteiger partial charge in [0, 0.05) is 11.7 Å². The molecule has 3 rings (SSSR count). The van der Waals surface area contributed by atoms with Gasteiger partial charge >= 0.3 is 6.03 Å². The molecule has 1 aromatic rings. The average molecular weight is 357 g/mol. The van der Waals surface area contributed by atoms with Crippen LogP contribution in [0, 0.1) is 12.8 Å². The number of nitrogens with zero attached hydrogens (tertiary/aromatic N) is 2. The van der Waals surface area contributed by atoms with Crippen molar-refractivity contribution in [1.29, 1.82) is 0 Å². The van der Waals surface area contributed by atoms with E-state index in [2.05, 4.69) is 12.2 Å². The SMILES string of the molecule is Cc1ccc(N2C(=O)N(CC(=O)NC3CCCCC3C)C(=O)C2C)cc1. The molecule has 140 valence electrons. The highest BCUT2D eigenvalue weighted by atomic mass is 16.2. The molecule has 0 spiro atoms. The number of hydrogen-bond donors (Lipinski definition) is 1. The van der Waals surface area contributed by atoms with Crippen molar-refractivity contribution >= 4 is 23.5 Å². The zero-order chi connectivity index (χ0) is 18.8. The minimum absolute atomic E-state index is 0.134. The fourth-order valence-corrected chi connectivity index (χ4v) is 3.84. The van der Waals surface area contributed by atoms with Gasteiger partial charge in [0.15, 0.2) is 0 Å². The van der Waals surface area contributed by atoms with Gasteiger partial charge in [0.25, 0.3) is 5.91 Å². The number of carbonyl (C=O) groups excluding carboxylic acids is 3. The van der Waals surface area contributed by atoms with Crippen LogP contribution < -0.4 is 10.2 Å².